The summed E-state index contributed by atoms with van der Waals surface area (Å²) in [4.78, 5) is 30.8. The van der Waals surface area contributed by atoms with E-state index in [1.165, 1.54) is 4.70 Å². The first-order valence-corrected chi connectivity index (χ1v) is 9.42. The van der Waals surface area contributed by atoms with E-state index >= 15 is 0 Å². The normalized spacial score (nSPS) is 17.4. The third kappa shape index (κ3) is 3.75. The van der Waals surface area contributed by atoms with Crippen LogP contribution in [0.15, 0.2) is 24.3 Å². The van der Waals surface area contributed by atoms with Crippen LogP contribution in [0.1, 0.15) is 37.6 Å². The number of carbonyl (C=O) groups is 2. The maximum Gasteiger partial charge on any atom is 0.242 e. The number of rotatable bonds is 6. The van der Waals surface area contributed by atoms with Crippen molar-refractivity contribution in [3.8, 4) is 0 Å². The molecule has 3 rings (SSSR count). The Bertz CT molecular complexity index is 695. The molecule has 128 valence electrons. The Morgan fingerprint density at radius 2 is 2.21 bits per heavy atom. The summed E-state index contributed by atoms with van der Waals surface area (Å²) in [6.07, 6.45) is 3.74. The molecule has 6 heteroatoms. The molecule has 1 saturated heterocycles. The van der Waals surface area contributed by atoms with Gasteiger partial charge >= 0.3 is 0 Å². The van der Waals surface area contributed by atoms with Crippen molar-refractivity contribution < 1.29 is 9.59 Å². The van der Waals surface area contributed by atoms with Gasteiger partial charge in [-0.1, -0.05) is 19.1 Å². The van der Waals surface area contributed by atoms with E-state index < -0.39 is 0 Å². The second kappa shape index (κ2) is 7.75. The lowest BCUT2D eigenvalue weighted by Crippen LogP contribution is -2.46. The largest absolute Gasteiger partial charge is 0.354 e. The summed E-state index contributed by atoms with van der Waals surface area (Å²) in [5.41, 5.74) is 1.01. The minimum atomic E-state index is -0.292. The van der Waals surface area contributed by atoms with Crippen molar-refractivity contribution in [1.29, 1.82) is 0 Å². The molecule has 24 heavy (non-hydrogen) atoms. The molecule has 1 aliphatic heterocycles. The summed E-state index contributed by atoms with van der Waals surface area (Å²) in [6, 6.07) is 7.76. The third-order valence-corrected chi connectivity index (χ3v) is 5.41. The SMILES string of the molecule is CCCC(=O)N1CCCC1C(=O)NCCc1nc2ccccc2s1. The zero-order valence-corrected chi connectivity index (χ0v) is 14.8. The van der Waals surface area contributed by atoms with Crippen molar-refractivity contribution in [2.75, 3.05) is 13.1 Å². The van der Waals surface area contributed by atoms with Crippen LogP contribution in [0.4, 0.5) is 0 Å². The van der Waals surface area contributed by atoms with Crippen molar-refractivity contribution >= 4 is 33.4 Å². The van der Waals surface area contributed by atoms with E-state index in [2.05, 4.69) is 16.4 Å². The Kier molecular flexibility index (Phi) is 5.45. The zero-order valence-electron chi connectivity index (χ0n) is 14.0. The van der Waals surface area contributed by atoms with Crippen LogP contribution in [-0.4, -0.2) is 40.8 Å². The van der Waals surface area contributed by atoms with E-state index in [0.29, 0.717) is 19.5 Å². The minimum Gasteiger partial charge on any atom is -0.354 e. The second-order valence-electron chi connectivity index (χ2n) is 6.11. The molecule has 0 radical (unpaired) electrons. The highest BCUT2D eigenvalue weighted by molar-refractivity contribution is 7.18. The first-order valence-electron chi connectivity index (χ1n) is 8.60. The van der Waals surface area contributed by atoms with Crippen molar-refractivity contribution in [3.63, 3.8) is 0 Å². The van der Waals surface area contributed by atoms with Crippen LogP contribution in [0, 0.1) is 0 Å². The molecule has 0 aliphatic carbocycles. The highest BCUT2D eigenvalue weighted by Gasteiger charge is 2.33. The van der Waals surface area contributed by atoms with Gasteiger partial charge in [0.25, 0.3) is 0 Å². The molecule has 2 amide bonds. The van der Waals surface area contributed by atoms with E-state index in [9.17, 15) is 9.59 Å². The number of benzene rings is 1. The van der Waals surface area contributed by atoms with Crippen LogP contribution in [0.5, 0.6) is 0 Å². The van der Waals surface area contributed by atoms with Gasteiger partial charge < -0.3 is 10.2 Å². The minimum absolute atomic E-state index is 0.0296. The Labute approximate surface area is 146 Å². The number of hydrogen-bond donors (Lipinski definition) is 1. The van der Waals surface area contributed by atoms with Crippen LogP contribution in [-0.2, 0) is 16.0 Å². The fraction of sp³-hybridized carbons (Fsp3) is 0.500. The Hall–Kier alpha value is -1.95. The first kappa shape index (κ1) is 16.9. The van der Waals surface area contributed by atoms with E-state index in [-0.39, 0.29) is 17.9 Å². The number of thiazole rings is 1. The summed E-state index contributed by atoms with van der Waals surface area (Å²) >= 11 is 1.67. The van der Waals surface area contributed by atoms with E-state index in [1.54, 1.807) is 16.2 Å². The lowest BCUT2D eigenvalue weighted by molar-refractivity contribution is -0.138. The summed E-state index contributed by atoms with van der Waals surface area (Å²) in [6.45, 7) is 3.25. The van der Waals surface area contributed by atoms with Crippen molar-refractivity contribution in [2.24, 2.45) is 0 Å². The zero-order chi connectivity index (χ0) is 16.9. The highest BCUT2D eigenvalue weighted by Crippen LogP contribution is 2.22. The molecule has 1 fully saturated rings. The fourth-order valence-corrected chi connectivity index (χ4v) is 4.10. The van der Waals surface area contributed by atoms with Gasteiger partial charge in [-0.25, -0.2) is 4.98 Å². The van der Waals surface area contributed by atoms with Crippen LogP contribution in [0.25, 0.3) is 10.2 Å². The lowest BCUT2D eigenvalue weighted by atomic mass is 10.2. The molecule has 1 atom stereocenters. The highest BCUT2D eigenvalue weighted by atomic mass is 32.1. The number of amides is 2. The Morgan fingerprint density at radius 1 is 1.38 bits per heavy atom. The van der Waals surface area contributed by atoms with Gasteiger partial charge in [-0.3, -0.25) is 9.59 Å². The predicted octanol–water partition coefficient (Wildman–Crippen LogP) is 2.75. The number of nitrogens with zero attached hydrogens (tertiary/aromatic N) is 2. The van der Waals surface area contributed by atoms with Gasteiger partial charge in [0.1, 0.15) is 6.04 Å². The number of likely N-dealkylation sites (tertiary alicyclic amines) is 1. The maximum atomic E-state index is 12.4. The smallest absolute Gasteiger partial charge is 0.242 e. The molecule has 0 bridgehead atoms. The average Bonchev–Trinajstić information content (AvgIpc) is 3.21. The van der Waals surface area contributed by atoms with Gasteiger partial charge in [-0.05, 0) is 31.4 Å². The lowest BCUT2D eigenvalue weighted by Gasteiger charge is -2.23. The van der Waals surface area contributed by atoms with Gasteiger partial charge in [0, 0.05) is 25.9 Å². The van der Waals surface area contributed by atoms with Gasteiger partial charge in [0.15, 0.2) is 0 Å². The Balaban J connectivity index is 1.52. The third-order valence-electron chi connectivity index (χ3n) is 4.32. The quantitative estimate of drug-likeness (QED) is 0.876. The number of aromatic nitrogens is 1. The standard InChI is InChI=1S/C18H23N3O2S/c1-2-6-17(22)21-12-5-8-14(21)18(23)19-11-10-16-20-13-7-3-4-9-15(13)24-16/h3-4,7,9,14H,2,5-6,8,10-12H2,1H3,(H,19,23). The summed E-state index contributed by atoms with van der Waals surface area (Å²) in [5, 5.41) is 4.01. The Morgan fingerprint density at radius 3 is 3.00 bits per heavy atom. The van der Waals surface area contributed by atoms with Gasteiger partial charge in [0.2, 0.25) is 11.8 Å². The van der Waals surface area contributed by atoms with Gasteiger partial charge in [-0.15, -0.1) is 11.3 Å². The first-order chi connectivity index (χ1) is 11.7. The maximum absolute atomic E-state index is 12.4. The molecule has 1 aromatic heterocycles. The van der Waals surface area contributed by atoms with Gasteiger partial charge in [-0.2, -0.15) is 0 Å². The molecule has 1 unspecified atom stereocenters. The predicted molar refractivity (Wildman–Crippen MR) is 96.0 cm³/mol. The van der Waals surface area contributed by atoms with Crippen LogP contribution in [0.3, 0.4) is 0 Å². The molecule has 2 aromatic rings. The molecular weight excluding hydrogens is 322 g/mol. The van der Waals surface area contributed by atoms with Crippen molar-refractivity contribution in [1.82, 2.24) is 15.2 Å². The summed E-state index contributed by atoms with van der Waals surface area (Å²) in [5.74, 6) is 0.0689. The van der Waals surface area contributed by atoms with Crippen molar-refractivity contribution in [3.05, 3.63) is 29.3 Å². The topological polar surface area (TPSA) is 62.3 Å². The summed E-state index contributed by atoms with van der Waals surface area (Å²) in [7, 11) is 0. The molecule has 5 nitrogen and oxygen atoms in total. The average molecular weight is 345 g/mol. The number of nitrogens with one attached hydrogen (secondary N) is 1. The number of fused-ring (bicyclic) bond motifs is 1. The summed E-state index contributed by atoms with van der Waals surface area (Å²) < 4.78 is 1.17. The molecule has 1 N–H and O–H groups in total. The van der Waals surface area contributed by atoms with E-state index in [1.807, 2.05) is 25.1 Å². The molecule has 1 aliphatic rings. The number of para-hydroxylation sites is 1. The van der Waals surface area contributed by atoms with E-state index in [4.69, 9.17) is 0 Å². The molecule has 2 heterocycles. The second-order valence-corrected chi connectivity index (χ2v) is 7.23. The number of carbonyl (C=O) groups excluding carboxylic acids is 2. The van der Waals surface area contributed by atoms with Crippen LogP contribution >= 0.6 is 11.3 Å². The van der Waals surface area contributed by atoms with Crippen LogP contribution < -0.4 is 5.32 Å². The molecule has 0 spiro atoms. The monoisotopic (exact) mass is 345 g/mol. The molecular formula is C18H23N3O2S. The van der Waals surface area contributed by atoms with Crippen LogP contribution in [0.2, 0.25) is 0 Å². The van der Waals surface area contributed by atoms with Crippen molar-refractivity contribution in [2.45, 2.75) is 45.1 Å². The molecule has 1 aromatic carbocycles. The fourth-order valence-electron chi connectivity index (χ4n) is 3.13. The van der Waals surface area contributed by atoms with E-state index in [0.717, 1.165) is 36.2 Å². The molecule has 0 saturated carbocycles. The number of hydrogen-bond acceptors (Lipinski definition) is 4. The van der Waals surface area contributed by atoms with Gasteiger partial charge in [0.05, 0.1) is 15.2 Å².